The summed E-state index contributed by atoms with van der Waals surface area (Å²) in [6.07, 6.45) is 1.84. The number of benzene rings is 1. The van der Waals surface area contributed by atoms with Crippen molar-refractivity contribution in [1.29, 1.82) is 0 Å². The van der Waals surface area contributed by atoms with E-state index in [0.717, 1.165) is 18.9 Å². The first-order valence-corrected chi connectivity index (χ1v) is 5.65. The van der Waals surface area contributed by atoms with Crippen LogP contribution >= 0.6 is 0 Å². The number of aromatic hydroxyl groups is 1. The summed E-state index contributed by atoms with van der Waals surface area (Å²) >= 11 is 0. The summed E-state index contributed by atoms with van der Waals surface area (Å²) in [5, 5.41) is 23.3. The quantitative estimate of drug-likeness (QED) is 0.476. The molecule has 1 rings (SSSR count). The molecule has 0 fully saturated rings. The minimum atomic E-state index is -1.13. The first-order valence-electron chi connectivity index (χ1n) is 5.65. The molecule has 0 unspecified atom stereocenters. The number of anilines is 1. The zero-order valence-corrected chi connectivity index (χ0v) is 10.1. The highest BCUT2D eigenvalue weighted by Gasteiger charge is 2.09. The number of nitrogens with one attached hydrogen (secondary N) is 2. The highest BCUT2D eigenvalue weighted by Crippen LogP contribution is 2.24. The van der Waals surface area contributed by atoms with Crippen LogP contribution in [0, 0.1) is 0 Å². The van der Waals surface area contributed by atoms with Gasteiger partial charge in [-0.2, -0.15) is 0 Å². The van der Waals surface area contributed by atoms with Gasteiger partial charge in [0.05, 0.1) is 11.3 Å². The van der Waals surface area contributed by atoms with Crippen molar-refractivity contribution in [3.05, 3.63) is 23.8 Å². The summed E-state index contributed by atoms with van der Waals surface area (Å²) in [5.74, 6) is -1.41. The predicted molar refractivity (Wildman–Crippen MR) is 67.0 cm³/mol. The summed E-state index contributed by atoms with van der Waals surface area (Å²) in [6, 6.07) is 3.31. The van der Waals surface area contributed by atoms with E-state index < -0.39 is 12.0 Å². The third-order valence-electron chi connectivity index (χ3n) is 2.31. The summed E-state index contributed by atoms with van der Waals surface area (Å²) in [7, 11) is 0. The molecular weight excluding hydrogens is 236 g/mol. The molecule has 0 spiro atoms. The number of aromatic carboxylic acids is 1. The van der Waals surface area contributed by atoms with Crippen molar-refractivity contribution in [1.82, 2.24) is 5.32 Å². The van der Waals surface area contributed by atoms with Gasteiger partial charge in [0.1, 0.15) is 5.75 Å². The topological polar surface area (TPSA) is 98.7 Å². The summed E-state index contributed by atoms with van der Waals surface area (Å²) in [6.45, 7) is 2.56. The van der Waals surface area contributed by atoms with E-state index in [4.69, 9.17) is 5.11 Å². The van der Waals surface area contributed by atoms with Gasteiger partial charge in [0.25, 0.3) is 0 Å². The molecule has 0 atom stereocenters. The number of carbonyl (C=O) groups is 2. The number of phenols is 1. The van der Waals surface area contributed by atoms with Crippen LogP contribution < -0.4 is 10.6 Å². The Morgan fingerprint density at radius 3 is 2.61 bits per heavy atom. The minimum absolute atomic E-state index is 0.0376. The van der Waals surface area contributed by atoms with E-state index >= 15 is 0 Å². The molecule has 0 radical (unpaired) electrons. The number of hydrogen-bond donors (Lipinski definition) is 4. The lowest BCUT2D eigenvalue weighted by atomic mass is 10.2. The second-order valence-electron chi connectivity index (χ2n) is 3.77. The Labute approximate surface area is 105 Å². The lowest BCUT2D eigenvalue weighted by Gasteiger charge is -2.09. The molecule has 1 aromatic rings. The largest absolute Gasteiger partial charge is 0.506 e. The van der Waals surface area contributed by atoms with Crippen LogP contribution in [0.4, 0.5) is 10.5 Å². The van der Waals surface area contributed by atoms with Gasteiger partial charge >= 0.3 is 12.0 Å². The highest BCUT2D eigenvalue weighted by molar-refractivity contribution is 5.93. The fourth-order valence-electron chi connectivity index (χ4n) is 1.32. The SMILES string of the molecule is CCCCNC(=O)Nc1ccc(C(=O)O)cc1O. The van der Waals surface area contributed by atoms with Crippen LogP contribution in [0.25, 0.3) is 0 Å². The Bertz CT molecular complexity index is 446. The summed E-state index contributed by atoms with van der Waals surface area (Å²) < 4.78 is 0. The lowest BCUT2D eigenvalue weighted by molar-refractivity contribution is 0.0696. The van der Waals surface area contributed by atoms with Crippen LogP contribution in [-0.2, 0) is 0 Å². The highest BCUT2D eigenvalue weighted by atomic mass is 16.4. The Morgan fingerprint density at radius 1 is 1.33 bits per heavy atom. The average Bonchev–Trinajstić information content (AvgIpc) is 2.32. The first-order chi connectivity index (χ1) is 8.54. The second kappa shape index (κ2) is 6.48. The molecule has 0 aliphatic heterocycles. The number of carbonyl (C=O) groups excluding carboxylic acids is 1. The number of urea groups is 1. The second-order valence-corrected chi connectivity index (χ2v) is 3.77. The van der Waals surface area contributed by atoms with Crippen LogP contribution in [0.15, 0.2) is 18.2 Å². The molecule has 6 nitrogen and oxygen atoms in total. The molecule has 0 aliphatic rings. The normalized spacial score (nSPS) is 9.83. The van der Waals surface area contributed by atoms with Gasteiger partial charge in [0.2, 0.25) is 0 Å². The fourth-order valence-corrected chi connectivity index (χ4v) is 1.32. The number of carboxylic acids is 1. The van der Waals surface area contributed by atoms with E-state index in [0.29, 0.717) is 6.54 Å². The maximum Gasteiger partial charge on any atom is 0.335 e. The van der Waals surface area contributed by atoms with E-state index in [9.17, 15) is 14.7 Å². The van der Waals surface area contributed by atoms with Crippen molar-refractivity contribution in [3.63, 3.8) is 0 Å². The van der Waals surface area contributed by atoms with E-state index in [1.165, 1.54) is 12.1 Å². The molecule has 6 heteroatoms. The number of carboxylic acid groups (broad SMARTS) is 1. The van der Waals surface area contributed by atoms with Gasteiger partial charge in [-0.25, -0.2) is 9.59 Å². The van der Waals surface area contributed by atoms with E-state index in [1.54, 1.807) is 0 Å². The summed E-state index contributed by atoms with van der Waals surface area (Å²) in [5.41, 5.74) is 0.137. The first kappa shape index (κ1) is 13.8. The predicted octanol–water partition coefficient (Wildman–Crippen LogP) is 2.01. The minimum Gasteiger partial charge on any atom is -0.506 e. The van der Waals surface area contributed by atoms with Gasteiger partial charge in [-0.05, 0) is 24.6 Å². The molecule has 0 bridgehead atoms. The number of phenolic OH excluding ortho intramolecular Hbond substituents is 1. The molecule has 0 aliphatic carbocycles. The van der Waals surface area contributed by atoms with Crippen LogP contribution in [0.5, 0.6) is 5.75 Å². The Hall–Kier alpha value is -2.24. The number of unbranched alkanes of at least 4 members (excludes halogenated alkanes) is 1. The van der Waals surface area contributed by atoms with Gasteiger partial charge in [-0.1, -0.05) is 13.3 Å². The molecule has 0 saturated carbocycles. The molecule has 4 N–H and O–H groups in total. The van der Waals surface area contributed by atoms with E-state index in [1.807, 2.05) is 6.92 Å². The average molecular weight is 252 g/mol. The van der Waals surface area contributed by atoms with Gasteiger partial charge in [0.15, 0.2) is 0 Å². The number of amides is 2. The lowest BCUT2D eigenvalue weighted by Crippen LogP contribution is -2.29. The van der Waals surface area contributed by atoms with E-state index in [-0.39, 0.29) is 17.0 Å². The van der Waals surface area contributed by atoms with Gasteiger partial charge in [-0.3, -0.25) is 0 Å². The molecule has 1 aromatic carbocycles. The molecule has 2 amide bonds. The van der Waals surface area contributed by atoms with Crippen LogP contribution in [0.1, 0.15) is 30.1 Å². The molecular formula is C12H16N2O4. The van der Waals surface area contributed by atoms with Gasteiger partial charge < -0.3 is 20.8 Å². The van der Waals surface area contributed by atoms with Crippen LogP contribution in [0.3, 0.4) is 0 Å². The fraction of sp³-hybridized carbons (Fsp3) is 0.333. The van der Waals surface area contributed by atoms with Crippen molar-refractivity contribution < 1.29 is 19.8 Å². The Balaban J connectivity index is 2.62. The molecule has 0 aromatic heterocycles. The van der Waals surface area contributed by atoms with Crippen LogP contribution in [0.2, 0.25) is 0 Å². The molecule has 98 valence electrons. The smallest absolute Gasteiger partial charge is 0.335 e. The Morgan fingerprint density at radius 2 is 2.06 bits per heavy atom. The monoisotopic (exact) mass is 252 g/mol. The van der Waals surface area contributed by atoms with Crippen molar-refractivity contribution in [2.45, 2.75) is 19.8 Å². The molecule has 18 heavy (non-hydrogen) atoms. The number of hydrogen-bond acceptors (Lipinski definition) is 3. The maximum atomic E-state index is 11.4. The third kappa shape index (κ3) is 3.97. The maximum absolute atomic E-state index is 11.4. The van der Waals surface area contributed by atoms with E-state index in [2.05, 4.69) is 10.6 Å². The number of rotatable bonds is 5. The van der Waals surface area contributed by atoms with Crippen molar-refractivity contribution >= 4 is 17.7 Å². The zero-order chi connectivity index (χ0) is 13.5. The van der Waals surface area contributed by atoms with Crippen molar-refractivity contribution in [2.24, 2.45) is 0 Å². The standard InChI is InChI=1S/C12H16N2O4/c1-2-3-6-13-12(18)14-9-5-4-8(11(16)17)7-10(9)15/h4-5,7,15H,2-3,6H2,1H3,(H,16,17)(H2,13,14,18). The summed E-state index contributed by atoms with van der Waals surface area (Å²) in [4.78, 5) is 22.1. The van der Waals surface area contributed by atoms with Crippen LogP contribution in [-0.4, -0.2) is 28.8 Å². The van der Waals surface area contributed by atoms with Gasteiger partial charge in [-0.15, -0.1) is 0 Å². The zero-order valence-electron chi connectivity index (χ0n) is 10.1. The Kier molecular flexibility index (Phi) is 4.98. The van der Waals surface area contributed by atoms with Gasteiger partial charge in [0, 0.05) is 6.54 Å². The van der Waals surface area contributed by atoms with Crippen molar-refractivity contribution in [2.75, 3.05) is 11.9 Å². The molecule has 0 saturated heterocycles. The third-order valence-corrected chi connectivity index (χ3v) is 2.31. The molecule has 0 heterocycles. The van der Waals surface area contributed by atoms with Crippen molar-refractivity contribution in [3.8, 4) is 5.75 Å².